The molecule has 2 fully saturated rings. The zero-order chi connectivity index (χ0) is 43.2. The van der Waals surface area contributed by atoms with E-state index in [2.05, 4.69) is 51.7 Å². The quantitative estimate of drug-likeness (QED) is 0.0498. The third kappa shape index (κ3) is 7.83. The number of quaternary nitrogens is 1. The summed E-state index contributed by atoms with van der Waals surface area (Å²) < 4.78 is 28.4. The average molecular weight is 835 g/mol. The molecule has 17 nitrogen and oxygen atoms in total. The van der Waals surface area contributed by atoms with Crippen molar-refractivity contribution in [1.82, 2.24) is 34.8 Å². The third-order valence-electron chi connectivity index (χ3n) is 11.4. The fourth-order valence-electron chi connectivity index (χ4n) is 7.97. The maximum absolute atomic E-state index is 14.3. The lowest BCUT2D eigenvalue weighted by Gasteiger charge is -2.45. The van der Waals surface area contributed by atoms with E-state index < -0.39 is 22.8 Å². The SMILES string of the molecule is CN1CCN(c2ccc3nc(-c4c(N)c5c(F)cccc5[nH]c4=O)[nH]c3c2)CC1.C[N+]1([O-])CCN(c2ccc3nc(-c4c(N)c5c(F)cccc5[nH]c4=O)[nH]c3c2)CC1.OO. The number of nitrogens with two attached hydrogens (primary N) is 2. The van der Waals surface area contributed by atoms with Crippen LogP contribution in [0.5, 0.6) is 0 Å². The normalized spacial score (nSPS) is 15.5. The highest BCUT2D eigenvalue weighted by Crippen LogP contribution is 2.33. The Balaban J connectivity index is 0.000000162. The number of fused-ring (bicyclic) bond motifs is 4. The van der Waals surface area contributed by atoms with E-state index in [4.69, 9.17) is 22.0 Å². The van der Waals surface area contributed by atoms with Gasteiger partial charge in [0.15, 0.2) is 0 Å². The Morgan fingerprint density at radius 2 is 1.07 bits per heavy atom. The number of anilines is 4. The van der Waals surface area contributed by atoms with E-state index in [1.165, 1.54) is 24.3 Å². The maximum Gasteiger partial charge on any atom is 0.261 e. The zero-order valence-electron chi connectivity index (χ0n) is 33.3. The Hall–Kier alpha value is -6.90. The van der Waals surface area contributed by atoms with Crippen molar-refractivity contribution in [2.24, 2.45) is 0 Å². The predicted octanol–water partition coefficient (Wildman–Crippen LogP) is 5.12. The monoisotopic (exact) mass is 834 g/mol. The van der Waals surface area contributed by atoms with E-state index in [0.717, 1.165) is 54.1 Å². The Bertz CT molecular complexity index is 3040. The molecule has 316 valence electrons. The van der Waals surface area contributed by atoms with Gasteiger partial charge in [-0.2, -0.15) is 0 Å². The lowest BCUT2D eigenvalue weighted by atomic mass is 10.1. The molecular formula is C42H44F2N12O5. The molecule has 4 aromatic carbocycles. The van der Waals surface area contributed by atoms with Crippen molar-refractivity contribution in [2.75, 3.05) is 87.7 Å². The summed E-state index contributed by atoms with van der Waals surface area (Å²) in [7, 11) is 3.81. The summed E-state index contributed by atoms with van der Waals surface area (Å²) in [6.45, 7) is 6.34. The largest absolute Gasteiger partial charge is 0.633 e. The Morgan fingerprint density at radius 1 is 0.639 bits per heavy atom. The van der Waals surface area contributed by atoms with E-state index in [1.54, 1.807) is 19.2 Å². The van der Waals surface area contributed by atoms with Crippen LogP contribution in [0.1, 0.15) is 0 Å². The minimum Gasteiger partial charge on any atom is -0.633 e. The van der Waals surface area contributed by atoms with Crippen LogP contribution in [0.3, 0.4) is 0 Å². The molecule has 19 heteroatoms. The van der Waals surface area contributed by atoms with Crippen LogP contribution in [-0.2, 0) is 0 Å². The number of nitrogens with zero attached hydrogens (tertiary/aromatic N) is 6. The van der Waals surface area contributed by atoms with E-state index in [1.807, 2.05) is 36.4 Å². The van der Waals surface area contributed by atoms with Crippen molar-refractivity contribution < 1.29 is 23.9 Å². The van der Waals surface area contributed by atoms with Crippen LogP contribution in [0.25, 0.3) is 66.6 Å². The van der Waals surface area contributed by atoms with Crippen molar-refractivity contribution in [3.63, 3.8) is 0 Å². The highest BCUT2D eigenvalue weighted by molar-refractivity contribution is 5.99. The number of aromatic nitrogens is 6. The van der Waals surface area contributed by atoms with Crippen molar-refractivity contribution in [3.8, 4) is 22.8 Å². The first-order valence-corrected chi connectivity index (χ1v) is 19.5. The van der Waals surface area contributed by atoms with Gasteiger partial charge in [0, 0.05) is 37.6 Å². The molecule has 2 saturated heterocycles. The number of pyridine rings is 2. The molecule has 4 aromatic heterocycles. The van der Waals surface area contributed by atoms with Crippen LogP contribution >= 0.6 is 0 Å². The highest BCUT2D eigenvalue weighted by Gasteiger charge is 2.24. The molecule has 10 rings (SSSR count). The number of halogens is 2. The second kappa shape index (κ2) is 16.3. The number of H-pyrrole nitrogens is 4. The van der Waals surface area contributed by atoms with E-state index in [0.29, 0.717) is 48.6 Å². The fourth-order valence-corrected chi connectivity index (χ4v) is 7.97. The number of aromatic amines is 4. The number of nitrogens with one attached hydrogen (secondary N) is 4. The van der Waals surface area contributed by atoms with Gasteiger partial charge in [-0.25, -0.2) is 18.7 Å². The maximum atomic E-state index is 14.3. The van der Waals surface area contributed by atoms with Crippen molar-refractivity contribution in [1.29, 1.82) is 0 Å². The third-order valence-corrected chi connectivity index (χ3v) is 11.4. The Labute approximate surface area is 345 Å². The number of hydrogen-bond acceptors (Lipinski definition) is 12. The predicted molar refractivity (Wildman–Crippen MR) is 235 cm³/mol. The summed E-state index contributed by atoms with van der Waals surface area (Å²) in [5, 5.41) is 24.4. The molecule has 0 amide bonds. The Morgan fingerprint density at radius 3 is 1.51 bits per heavy atom. The lowest BCUT2D eigenvalue weighted by molar-refractivity contribution is -0.861. The molecule has 0 saturated carbocycles. The summed E-state index contributed by atoms with van der Waals surface area (Å²) in [6.07, 6.45) is 0. The van der Waals surface area contributed by atoms with Crippen molar-refractivity contribution >= 4 is 66.6 Å². The van der Waals surface area contributed by atoms with Crippen LogP contribution in [0, 0.1) is 16.8 Å². The Kier molecular flexibility index (Phi) is 10.9. The summed E-state index contributed by atoms with van der Waals surface area (Å²) in [6, 6.07) is 20.6. The van der Waals surface area contributed by atoms with Crippen LogP contribution in [-0.4, -0.2) is 116 Å². The number of hydrogen-bond donors (Lipinski definition) is 8. The highest BCUT2D eigenvalue weighted by atomic mass is 19.1. The van der Waals surface area contributed by atoms with Crippen LogP contribution in [0.2, 0.25) is 0 Å². The molecule has 2 aliphatic heterocycles. The number of imidazole rings is 2. The molecule has 0 spiro atoms. The molecule has 0 atom stereocenters. The number of benzene rings is 4. The molecule has 0 radical (unpaired) electrons. The number of rotatable bonds is 4. The van der Waals surface area contributed by atoms with E-state index >= 15 is 0 Å². The molecule has 0 bridgehead atoms. The summed E-state index contributed by atoms with van der Waals surface area (Å²) >= 11 is 0. The molecule has 2 aliphatic rings. The van der Waals surface area contributed by atoms with Gasteiger partial charge in [-0.3, -0.25) is 20.1 Å². The van der Waals surface area contributed by atoms with Gasteiger partial charge >= 0.3 is 0 Å². The molecule has 8 aromatic rings. The zero-order valence-corrected chi connectivity index (χ0v) is 33.3. The topological polar surface area (TPSA) is 248 Å². The van der Waals surface area contributed by atoms with Crippen LogP contribution in [0.4, 0.5) is 31.5 Å². The molecule has 0 aliphatic carbocycles. The van der Waals surface area contributed by atoms with Gasteiger partial charge in [-0.05, 0) is 67.7 Å². The van der Waals surface area contributed by atoms with E-state index in [9.17, 15) is 23.6 Å². The fraction of sp³-hybridized carbons (Fsp3) is 0.238. The molecule has 6 heterocycles. The van der Waals surface area contributed by atoms with Gasteiger partial charge in [-0.1, -0.05) is 12.1 Å². The van der Waals surface area contributed by atoms with Gasteiger partial charge in [0.25, 0.3) is 11.1 Å². The van der Waals surface area contributed by atoms with Gasteiger partial charge in [-0.15, -0.1) is 0 Å². The summed E-state index contributed by atoms with van der Waals surface area (Å²) in [4.78, 5) is 52.9. The molecule has 61 heavy (non-hydrogen) atoms. The molecule has 0 unspecified atom stereocenters. The first kappa shape index (κ1) is 40.9. The first-order valence-electron chi connectivity index (χ1n) is 19.5. The minimum absolute atomic E-state index is 0.0506. The second-order valence-corrected chi connectivity index (χ2v) is 15.4. The van der Waals surface area contributed by atoms with Gasteiger partial charge in [0.1, 0.15) is 34.4 Å². The number of hydroxylamine groups is 3. The smallest absolute Gasteiger partial charge is 0.261 e. The van der Waals surface area contributed by atoms with Gasteiger partial charge in [0.2, 0.25) is 0 Å². The number of piperazine rings is 2. The van der Waals surface area contributed by atoms with Gasteiger partial charge in [0.05, 0.1) is 88.5 Å². The molecular weight excluding hydrogens is 791 g/mol. The lowest BCUT2D eigenvalue weighted by Crippen LogP contribution is -2.53. The van der Waals surface area contributed by atoms with Crippen LogP contribution in [0.15, 0.2) is 82.4 Å². The van der Waals surface area contributed by atoms with Crippen LogP contribution < -0.4 is 32.4 Å². The standard InChI is InChI=1S/C21H21FN6O2.C21H21FN6O.H2O2/c1-28(30)9-7-27(8-10-28)12-5-6-14-16(11-12)25-20(24-14)18-19(23)17-13(22)3-2-4-15(17)26-21(18)29;1-27-7-9-28(10-8-27)12-5-6-14-16(11-12)25-20(24-14)18-19(23)17-13(22)3-2-4-15(17)26-21(18)29;1-2/h2-6,11H,7-10H2,1H3,(H,24,25)(H3,23,26,29);2-6,11H,7-10H2,1H3,(H,24,25)(H3,23,26,29);1-2H. The average Bonchev–Trinajstić information content (AvgIpc) is 3.85. The van der Waals surface area contributed by atoms with Crippen molar-refractivity contribution in [2.45, 2.75) is 0 Å². The second-order valence-electron chi connectivity index (χ2n) is 15.4. The first-order chi connectivity index (χ1) is 29.3. The summed E-state index contributed by atoms with van der Waals surface area (Å²) in [5.41, 5.74) is 17.7. The molecule has 10 N–H and O–H groups in total. The van der Waals surface area contributed by atoms with E-state index in [-0.39, 0.29) is 43.7 Å². The summed E-state index contributed by atoms with van der Waals surface area (Å²) in [5.74, 6) is -0.367. The number of likely N-dealkylation sites (N-methyl/N-ethyl adjacent to an activating group) is 2. The number of nitrogen functional groups attached to an aromatic ring is 2. The van der Waals surface area contributed by atoms with Crippen molar-refractivity contribution in [3.05, 3.63) is 110 Å². The van der Waals surface area contributed by atoms with Gasteiger partial charge < -0.3 is 56.0 Å². The minimum atomic E-state index is -0.505.